The molecule has 0 spiro atoms. The van der Waals surface area contributed by atoms with E-state index in [1.54, 1.807) is 6.20 Å². The third kappa shape index (κ3) is 3.63. The summed E-state index contributed by atoms with van der Waals surface area (Å²) < 4.78 is 6.02. The molecular weight excluding hydrogens is 310 g/mol. The molecule has 3 heterocycles. The smallest absolute Gasteiger partial charge is 0.245 e. The zero-order valence-corrected chi connectivity index (χ0v) is 15.2. The van der Waals surface area contributed by atoms with Gasteiger partial charge in [0.05, 0.1) is 5.69 Å². The fraction of sp³-hybridized carbons (Fsp3) is 0.381. The second-order valence-corrected chi connectivity index (χ2v) is 5.94. The largest absolute Gasteiger partial charge is 0.440 e. The molecule has 0 bridgehead atoms. The van der Waals surface area contributed by atoms with E-state index in [1.165, 1.54) is 11.3 Å². The molecule has 0 radical (unpaired) electrons. The van der Waals surface area contributed by atoms with Crippen molar-refractivity contribution in [1.29, 1.82) is 0 Å². The van der Waals surface area contributed by atoms with Crippen LogP contribution < -0.4 is 0 Å². The zero-order valence-electron chi connectivity index (χ0n) is 15.2. The van der Waals surface area contributed by atoms with E-state index in [-0.39, 0.29) is 0 Å². The highest BCUT2D eigenvalue weighted by Crippen LogP contribution is 2.35. The molecule has 0 N–H and O–H groups in total. The molecule has 1 aliphatic rings. The van der Waals surface area contributed by atoms with Gasteiger partial charge >= 0.3 is 0 Å². The van der Waals surface area contributed by atoms with Crippen LogP contribution in [0, 0.1) is 0 Å². The maximum absolute atomic E-state index is 6.02. The minimum atomic E-state index is 0.420. The van der Waals surface area contributed by atoms with Crippen molar-refractivity contribution in [3.63, 3.8) is 0 Å². The lowest BCUT2D eigenvalue weighted by atomic mass is 9.85. The molecule has 0 saturated carbocycles. The van der Waals surface area contributed by atoms with Crippen LogP contribution in [0.4, 0.5) is 0 Å². The average Bonchev–Trinajstić information content (AvgIpc) is 3.13. The highest BCUT2D eigenvalue weighted by molar-refractivity contribution is 5.47. The Hall–Kier alpha value is -2.49. The second-order valence-electron chi connectivity index (χ2n) is 5.94. The van der Waals surface area contributed by atoms with Crippen molar-refractivity contribution in [3.8, 4) is 11.6 Å². The van der Waals surface area contributed by atoms with Gasteiger partial charge in [-0.15, -0.1) is 0 Å². The summed E-state index contributed by atoms with van der Waals surface area (Å²) in [7, 11) is 0. The Labute approximate surface area is 149 Å². The van der Waals surface area contributed by atoms with Crippen LogP contribution in [-0.4, -0.2) is 15.0 Å². The fourth-order valence-electron chi connectivity index (χ4n) is 3.32. The van der Waals surface area contributed by atoms with Crippen molar-refractivity contribution in [2.45, 2.75) is 52.4 Å². The molecule has 4 nitrogen and oxygen atoms in total. The number of aromatic nitrogens is 3. The van der Waals surface area contributed by atoms with Gasteiger partial charge in [0.1, 0.15) is 11.5 Å². The molecule has 1 atom stereocenters. The van der Waals surface area contributed by atoms with Crippen LogP contribution >= 0.6 is 0 Å². The lowest BCUT2D eigenvalue weighted by Crippen LogP contribution is -2.14. The van der Waals surface area contributed by atoms with Gasteiger partial charge in [0.15, 0.2) is 0 Å². The predicted octanol–water partition coefficient (Wildman–Crippen LogP) is 4.99. The minimum Gasteiger partial charge on any atom is -0.440 e. The summed E-state index contributed by atoms with van der Waals surface area (Å²) in [5, 5.41) is 0. The van der Waals surface area contributed by atoms with E-state index < -0.39 is 0 Å². The summed E-state index contributed by atoms with van der Waals surface area (Å²) in [6.45, 7) is 6.18. The minimum absolute atomic E-state index is 0.420. The number of nitrogens with zero attached hydrogens (tertiary/aromatic N) is 3. The first-order chi connectivity index (χ1) is 12.3. The van der Waals surface area contributed by atoms with Gasteiger partial charge in [-0.25, -0.2) is 4.98 Å². The molecule has 4 rings (SSSR count). The van der Waals surface area contributed by atoms with Crippen molar-refractivity contribution in [2.75, 3.05) is 0 Å². The Morgan fingerprint density at radius 2 is 1.92 bits per heavy atom. The van der Waals surface area contributed by atoms with Crippen LogP contribution in [0.5, 0.6) is 0 Å². The molecule has 0 fully saturated rings. The molecule has 3 aromatic rings. The lowest BCUT2D eigenvalue weighted by Gasteiger charge is -2.21. The van der Waals surface area contributed by atoms with Crippen molar-refractivity contribution in [1.82, 2.24) is 15.0 Å². The number of oxazole rings is 1. The molecule has 0 aliphatic heterocycles. The van der Waals surface area contributed by atoms with Crippen LogP contribution in [0.1, 0.15) is 55.8 Å². The molecule has 4 heteroatoms. The molecule has 1 aliphatic carbocycles. The quantitative estimate of drug-likeness (QED) is 0.676. The SMILES string of the molecule is CC.CCc1cccnc1C1CCc2nc(-c3ccccn3)oc2C1. The standard InChI is InChI=1S/C19H19N3O.C2H6/c1-2-13-6-5-11-21-18(13)14-8-9-15-17(12-14)23-19(22-15)16-7-3-4-10-20-16;1-2/h3-7,10-11,14H,2,8-9,12H2,1H3;1-2H3. The Balaban J connectivity index is 0.000000880. The van der Waals surface area contributed by atoms with Gasteiger partial charge in [-0.1, -0.05) is 32.9 Å². The van der Waals surface area contributed by atoms with E-state index in [1.807, 2.05) is 44.3 Å². The normalized spacial score (nSPS) is 15.9. The van der Waals surface area contributed by atoms with Crippen LogP contribution in [0.25, 0.3) is 11.6 Å². The number of rotatable bonds is 3. The monoisotopic (exact) mass is 335 g/mol. The Morgan fingerprint density at radius 3 is 2.68 bits per heavy atom. The highest BCUT2D eigenvalue weighted by Gasteiger charge is 2.27. The number of pyridine rings is 2. The maximum Gasteiger partial charge on any atom is 0.245 e. The van der Waals surface area contributed by atoms with E-state index >= 15 is 0 Å². The number of aryl methyl sites for hydroxylation is 2. The summed E-state index contributed by atoms with van der Waals surface area (Å²) in [4.78, 5) is 13.6. The fourth-order valence-corrected chi connectivity index (χ4v) is 3.32. The van der Waals surface area contributed by atoms with Crippen molar-refractivity contribution in [3.05, 3.63) is 65.4 Å². The molecule has 1 unspecified atom stereocenters. The van der Waals surface area contributed by atoms with Crippen LogP contribution in [-0.2, 0) is 19.3 Å². The van der Waals surface area contributed by atoms with Crippen molar-refractivity contribution >= 4 is 0 Å². The number of fused-ring (bicyclic) bond motifs is 1. The Kier molecular flexibility index (Phi) is 5.59. The van der Waals surface area contributed by atoms with E-state index in [2.05, 4.69) is 27.9 Å². The molecule has 3 aromatic heterocycles. The van der Waals surface area contributed by atoms with Crippen molar-refractivity contribution < 1.29 is 4.42 Å². The molecule has 0 amide bonds. The summed E-state index contributed by atoms with van der Waals surface area (Å²) in [6, 6.07) is 9.98. The molecular formula is C21H25N3O. The number of hydrogen-bond acceptors (Lipinski definition) is 4. The van der Waals surface area contributed by atoms with E-state index in [0.29, 0.717) is 11.8 Å². The van der Waals surface area contributed by atoms with E-state index in [4.69, 9.17) is 4.42 Å². The summed E-state index contributed by atoms with van der Waals surface area (Å²) in [6.07, 6.45) is 7.56. The van der Waals surface area contributed by atoms with E-state index in [0.717, 1.165) is 42.8 Å². The average molecular weight is 335 g/mol. The second kappa shape index (κ2) is 8.06. The molecule has 25 heavy (non-hydrogen) atoms. The van der Waals surface area contributed by atoms with Gasteiger partial charge in [0.25, 0.3) is 0 Å². The van der Waals surface area contributed by atoms with Crippen LogP contribution in [0.2, 0.25) is 0 Å². The summed E-state index contributed by atoms with van der Waals surface area (Å²) in [5.41, 5.74) is 4.43. The van der Waals surface area contributed by atoms with Gasteiger partial charge in [-0.05, 0) is 43.0 Å². The van der Waals surface area contributed by atoms with Gasteiger partial charge < -0.3 is 4.42 Å². The topological polar surface area (TPSA) is 51.8 Å². The van der Waals surface area contributed by atoms with E-state index in [9.17, 15) is 0 Å². The summed E-state index contributed by atoms with van der Waals surface area (Å²) >= 11 is 0. The lowest BCUT2D eigenvalue weighted by molar-refractivity contribution is 0.451. The van der Waals surface area contributed by atoms with Gasteiger partial charge in [0, 0.05) is 30.4 Å². The third-order valence-corrected chi connectivity index (χ3v) is 4.52. The first-order valence-electron chi connectivity index (χ1n) is 9.19. The zero-order chi connectivity index (χ0) is 17.6. The van der Waals surface area contributed by atoms with Crippen molar-refractivity contribution in [2.24, 2.45) is 0 Å². The highest BCUT2D eigenvalue weighted by atomic mass is 16.4. The first-order valence-corrected chi connectivity index (χ1v) is 9.19. The Morgan fingerprint density at radius 1 is 1.08 bits per heavy atom. The van der Waals surface area contributed by atoms with Crippen LogP contribution in [0.15, 0.2) is 47.1 Å². The first kappa shape index (κ1) is 17.3. The third-order valence-electron chi connectivity index (χ3n) is 4.52. The van der Waals surface area contributed by atoms with Gasteiger partial charge in [0.2, 0.25) is 5.89 Å². The predicted molar refractivity (Wildman–Crippen MR) is 99.5 cm³/mol. The van der Waals surface area contributed by atoms with Gasteiger partial charge in [-0.2, -0.15) is 0 Å². The molecule has 130 valence electrons. The Bertz CT molecular complexity index is 811. The summed E-state index contributed by atoms with van der Waals surface area (Å²) in [5.74, 6) is 2.05. The van der Waals surface area contributed by atoms with Crippen LogP contribution in [0.3, 0.4) is 0 Å². The van der Waals surface area contributed by atoms with Gasteiger partial charge in [-0.3, -0.25) is 9.97 Å². The molecule has 0 aromatic carbocycles. The number of hydrogen-bond donors (Lipinski definition) is 0. The molecule has 0 saturated heterocycles. The maximum atomic E-state index is 6.02.